The third-order valence-electron chi connectivity index (χ3n) is 5.37. The molecule has 7 heteroatoms. The van der Waals surface area contributed by atoms with Gasteiger partial charge in [0.25, 0.3) is 0 Å². The molecule has 1 fully saturated rings. The first kappa shape index (κ1) is 20.4. The van der Waals surface area contributed by atoms with Crippen molar-refractivity contribution in [2.45, 2.75) is 18.9 Å². The fourth-order valence-electron chi connectivity index (χ4n) is 3.75. The fourth-order valence-corrected chi connectivity index (χ4v) is 3.75. The molecule has 4 rings (SSSR count). The number of fused-ring (bicyclic) bond motifs is 1. The Labute approximate surface area is 176 Å². The minimum atomic E-state index is -0.137. The van der Waals surface area contributed by atoms with Gasteiger partial charge in [-0.05, 0) is 24.1 Å². The number of morpholine rings is 1. The maximum atomic E-state index is 12.5. The second-order valence-electron chi connectivity index (χ2n) is 7.58. The predicted octanol–water partition coefficient (Wildman–Crippen LogP) is 2.87. The van der Waals surface area contributed by atoms with Gasteiger partial charge in [-0.25, -0.2) is 9.78 Å². The number of aromatic amines is 1. The van der Waals surface area contributed by atoms with Gasteiger partial charge >= 0.3 is 6.03 Å². The molecule has 1 saturated heterocycles. The lowest BCUT2D eigenvalue weighted by Crippen LogP contribution is -2.45. The number of urea groups is 1. The van der Waals surface area contributed by atoms with Crippen LogP contribution < -0.4 is 10.6 Å². The predicted molar refractivity (Wildman–Crippen MR) is 117 cm³/mol. The molecule has 2 amide bonds. The maximum absolute atomic E-state index is 12.5. The lowest BCUT2D eigenvalue weighted by molar-refractivity contribution is 0.0340. The van der Waals surface area contributed by atoms with Gasteiger partial charge in [0.2, 0.25) is 0 Å². The van der Waals surface area contributed by atoms with E-state index in [0.29, 0.717) is 6.54 Å². The number of carbonyl (C=O) groups is 1. The summed E-state index contributed by atoms with van der Waals surface area (Å²) in [5, 5.41) is 6.13. The lowest BCUT2D eigenvalue weighted by atomic mass is 10.1. The van der Waals surface area contributed by atoms with E-state index in [4.69, 9.17) is 4.74 Å². The van der Waals surface area contributed by atoms with Gasteiger partial charge in [0.05, 0.1) is 30.3 Å². The molecule has 0 saturated carbocycles. The van der Waals surface area contributed by atoms with E-state index in [9.17, 15) is 4.79 Å². The van der Waals surface area contributed by atoms with Gasteiger partial charge in [-0.3, -0.25) is 4.90 Å². The standard InChI is InChI=1S/C23H29N5O2/c29-23(24-12-6-11-22-25-19-9-4-5-10-20(19)26-22)27-21(18-7-2-1-3-8-18)17-28-13-15-30-16-14-28/h1-5,7-10,21H,6,11-17H2,(H,25,26)(H2,24,27,29)/t21-/m0/s1. The number of rotatable bonds is 8. The number of imidazole rings is 1. The monoisotopic (exact) mass is 407 g/mol. The highest BCUT2D eigenvalue weighted by molar-refractivity contribution is 5.75. The Balaban J connectivity index is 1.26. The van der Waals surface area contributed by atoms with Crippen molar-refractivity contribution >= 4 is 17.1 Å². The van der Waals surface area contributed by atoms with Crippen LogP contribution in [-0.2, 0) is 11.2 Å². The van der Waals surface area contributed by atoms with Crippen LogP contribution in [0, 0.1) is 0 Å². The molecule has 0 radical (unpaired) electrons. The summed E-state index contributed by atoms with van der Waals surface area (Å²) in [6, 6.07) is 17.9. The molecule has 1 atom stereocenters. The quantitative estimate of drug-likeness (QED) is 0.502. The summed E-state index contributed by atoms with van der Waals surface area (Å²) < 4.78 is 5.44. The molecular formula is C23H29N5O2. The van der Waals surface area contributed by atoms with Gasteiger partial charge in [-0.15, -0.1) is 0 Å². The van der Waals surface area contributed by atoms with Crippen molar-refractivity contribution < 1.29 is 9.53 Å². The SMILES string of the molecule is O=C(NCCCc1nc2ccccc2[nH]1)N[C@@H](CN1CCOCC1)c1ccccc1. The van der Waals surface area contributed by atoms with E-state index in [2.05, 4.69) is 37.6 Å². The normalized spacial score (nSPS) is 15.7. The topological polar surface area (TPSA) is 82.3 Å². The van der Waals surface area contributed by atoms with E-state index in [0.717, 1.165) is 68.1 Å². The number of H-pyrrole nitrogens is 1. The molecule has 2 aromatic carbocycles. The first-order valence-electron chi connectivity index (χ1n) is 10.6. The zero-order chi connectivity index (χ0) is 20.6. The van der Waals surface area contributed by atoms with E-state index in [1.165, 1.54) is 0 Å². The van der Waals surface area contributed by atoms with Crippen molar-refractivity contribution in [2.75, 3.05) is 39.4 Å². The number of aromatic nitrogens is 2. The minimum Gasteiger partial charge on any atom is -0.379 e. The largest absolute Gasteiger partial charge is 0.379 e. The van der Waals surface area contributed by atoms with Crippen LogP contribution in [0.5, 0.6) is 0 Å². The maximum Gasteiger partial charge on any atom is 0.315 e. The number of nitrogens with zero attached hydrogens (tertiary/aromatic N) is 2. The zero-order valence-electron chi connectivity index (χ0n) is 17.1. The third kappa shape index (κ3) is 5.58. The highest BCUT2D eigenvalue weighted by Crippen LogP contribution is 2.15. The molecule has 1 aliphatic heterocycles. The van der Waals surface area contributed by atoms with Crippen LogP contribution in [0.4, 0.5) is 4.79 Å². The van der Waals surface area contributed by atoms with Crippen molar-refractivity contribution in [2.24, 2.45) is 0 Å². The van der Waals surface area contributed by atoms with E-state index in [1.54, 1.807) is 0 Å². The van der Waals surface area contributed by atoms with E-state index < -0.39 is 0 Å². The average molecular weight is 408 g/mol. The molecule has 3 aromatic rings. The van der Waals surface area contributed by atoms with Gasteiger partial charge in [0.15, 0.2) is 0 Å². The summed E-state index contributed by atoms with van der Waals surface area (Å²) >= 11 is 0. The number of hydrogen-bond acceptors (Lipinski definition) is 4. The highest BCUT2D eigenvalue weighted by atomic mass is 16.5. The minimum absolute atomic E-state index is 0.0559. The molecular weight excluding hydrogens is 378 g/mol. The van der Waals surface area contributed by atoms with Crippen LogP contribution in [0.2, 0.25) is 0 Å². The van der Waals surface area contributed by atoms with Crippen molar-refractivity contribution in [1.82, 2.24) is 25.5 Å². The van der Waals surface area contributed by atoms with Crippen LogP contribution in [0.1, 0.15) is 23.9 Å². The van der Waals surface area contributed by atoms with E-state index in [-0.39, 0.29) is 12.1 Å². The number of amides is 2. The Morgan fingerprint density at radius 1 is 1.10 bits per heavy atom. The van der Waals surface area contributed by atoms with Crippen LogP contribution in [-0.4, -0.2) is 60.3 Å². The van der Waals surface area contributed by atoms with Gasteiger partial charge < -0.3 is 20.4 Å². The summed E-state index contributed by atoms with van der Waals surface area (Å²) in [6.07, 6.45) is 1.62. The van der Waals surface area contributed by atoms with Gasteiger partial charge in [0.1, 0.15) is 5.82 Å². The summed E-state index contributed by atoms with van der Waals surface area (Å²) in [6.45, 7) is 4.65. The van der Waals surface area contributed by atoms with Crippen LogP contribution in [0.3, 0.4) is 0 Å². The second kappa shape index (κ2) is 10.2. The van der Waals surface area contributed by atoms with Gasteiger partial charge in [-0.1, -0.05) is 42.5 Å². The summed E-state index contributed by atoms with van der Waals surface area (Å²) in [5.41, 5.74) is 3.14. The van der Waals surface area contributed by atoms with Crippen LogP contribution in [0.25, 0.3) is 11.0 Å². The van der Waals surface area contributed by atoms with Crippen molar-refractivity contribution in [3.8, 4) is 0 Å². The van der Waals surface area contributed by atoms with Gasteiger partial charge in [-0.2, -0.15) is 0 Å². The summed E-state index contributed by atoms with van der Waals surface area (Å²) in [5.74, 6) is 0.952. The van der Waals surface area contributed by atoms with Crippen molar-refractivity contribution in [3.05, 3.63) is 66.0 Å². The lowest BCUT2D eigenvalue weighted by Gasteiger charge is -2.31. The molecule has 0 unspecified atom stereocenters. The fraction of sp³-hybridized carbons (Fsp3) is 0.391. The second-order valence-corrected chi connectivity index (χ2v) is 7.58. The zero-order valence-corrected chi connectivity index (χ0v) is 17.1. The number of hydrogen-bond donors (Lipinski definition) is 3. The molecule has 30 heavy (non-hydrogen) atoms. The summed E-state index contributed by atoms with van der Waals surface area (Å²) in [7, 11) is 0. The number of carbonyl (C=O) groups excluding carboxylic acids is 1. The molecule has 2 heterocycles. The number of para-hydroxylation sites is 2. The molecule has 0 aliphatic carbocycles. The Hall–Kier alpha value is -2.90. The number of aryl methyl sites for hydroxylation is 1. The Morgan fingerprint density at radius 2 is 1.87 bits per heavy atom. The molecule has 7 nitrogen and oxygen atoms in total. The molecule has 3 N–H and O–H groups in total. The first-order chi connectivity index (χ1) is 14.8. The Bertz CT molecular complexity index is 904. The average Bonchev–Trinajstić information content (AvgIpc) is 3.20. The van der Waals surface area contributed by atoms with Crippen LogP contribution in [0.15, 0.2) is 54.6 Å². The van der Waals surface area contributed by atoms with Crippen molar-refractivity contribution in [3.63, 3.8) is 0 Å². The number of nitrogens with one attached hydrogen (secondary N) is 3. The van der Waals surface area contributed by atoms with Crippen LogP contribution >= 0.6 is 0 Å². The molecule has 0 spiro atoms. The summed E-state index contributed by atoms with van der Waals surface area (Å²) in [4.78, 5) is 22.8. The van der Waals surface area contributed by atoms with Crippen molar-refractivity contribution in [1.29, 1.82) is 0 Å². The molecule has 1 aliphatic rings. The Kier molecular flexibility index (Phi) is 6.95. The number of ether oxygens (including phenoxy) is 1. The smallest absolute Gasteiger partial charge is 0.315 e. The van der Waals surface area contributed by atoms with E-state index >= 15 is 0 Å². The third-order valence-corrected chi connectivity index (χ3v) is 5.37. The molecule has 158 valence electrons. The molecule has 0 bridgehead atoms. The first-order valence-corrected chi connectivity index (χ1v) is 10.6. The molecule has 1 aromatic heterocycles. The highest BCUT2D eigenvalue weighted by Gasteiger charge is 2.20. The number of benzene rings is 2. The van der Waals surface area contributed by atoms with Gasteiger partial charge in [0, 0.05) is 32.6 Å². The van der Waals surface area contributed by atoms with E-state index in [1.807, 2.05) is 42.5 Å². The Morgan fingerprint density at radius 3 is 2.67 bits per heavy atom.